The number of rotatable bonds is 7. The van der Waals surface area contributed by atoms with Crippen LogP contribution in [0.4, 0.5) is 5.69 Å². The van der Waals surface area contributed by atoms with Gasteiger partial charge in [0.1, 0.15) is 11.5 Å². The van der Waals surface area contributed by atoms with Gasteiger partial charge in [-0.05, 0) is 62.5 Å². The Kier molecular flexibility index (Phi) is 7.07. The summed E-state index contributed by atoms with van der Waals surface area (Å²) in [6.45, 7) is 3.89. The summed E-state index contributed by atoms with van der Waals surface area (Å²) in [6.07, 6.45) is 1.44. The van der Waals surface area contributed by atoms with Crippen LogP contribution >= 0.6 is 12.2 Å². The van der Waals surface area contributed by atoms with E-state index in [-0.39, 0.29) is 17.5 Å². The van der Waals surface area contributed by atoms with Crippen LogP contribution in [0.25, 0.3) is 0 Å². The van der Waals surface area contributed by atoms with Crippen LogP contribution in [-0.4, -0.2) is 29.4 Å². The Morgan fingerprint density at radius 3 is 2.48 bits per heavy atom. The van der Waals surface area contributed by atoms with Crippen LogP contribution in [-0.2, 0) is 0 Å². The zero-order valence-corrected chi connectivity index (χ0v) is 15.9. The first-order chi connectivity index (χ1) is 12.9. The highest BCUT2D eigenvalue weighted by molar-refractivity contribution is 7.80. The van der Waals surface area contributed by atoms with Crippen LogP contribution in [0.15, 0.2) is 47.6 Å². The molecule has 2 rings (SSSR count). The molecule has 0 radical (unpaired) electrons. The molecular weight excluding hydrogens is 368 g/mol. The lowest BCUT2D eigenvalue weighted by molar-refractivity contribution is -0.385. The fourth-order valence-corrected chi connectivity index (χ4v) is 2.36. The molecule has 0 aliphatic rings. The van der Waals surface area contributed by atoms with Gasteiger partial charge in [0.05, 0.1) is 18.2 Å². The number of hydrogen-bond acceptors (Lipinski definition) is 6. The zero-order valence-electron chi connectivity index (χ0n) is 15.1. The summed E-state index contributed by atoms with van der Waals surface area (Å²) in [5.74, 6) is 1.26. The molecule has 0 fully saturated rings. The third-order valence-corrected chi connectivity index (χ3v) is 3.48. The van der Waals surface area contributed by atoms with E-state index in [1.165, 1.54) is 18.3 Å². The number of hydrazone groups is 1. The molecule has 8 nitrogen and oxygen atoms in total. The number of ether oxygens (including phenoxy) is 2. The normalized spacial score (nSPS) is 10.7. The van der Waals surface area contributed by atoms with E-state index in [9.17, 15) is 10.1 Å². The van der Waals surface area contributed by atoms with Crippen molar-refractivity contribution in [1.82, 2.24) is 10.7 Å². The average molecular weight is 388 g/mol. The Balaban J connectivity index is 2.13. The zero-order chi connectivity index (χ0) is 19.8. The summed E-state index contributed by atoms with van der Waals surface area (Å²) >= 11 is 5.05. The second-order valence-corrected chi connectivity index (χ2v) is 6.17. The van der Waals surface area contributed by atoms with E-state index in [0.29, 0.717) is 22.2 Å². The minimum atomic E-state index is -0.505. The average Bonchev–Trinajstić information content (AvgIpc) is 2.62. The summed E-state index contributed by atoms with van der Waals surface area (Å²) in [6, 6.07) is 11.5. The van der Waals surface area contributed by atoms with Crippen molar-refractivity contribution in [1.29, 1.82) is 0 Å². The molecular formula is C18H20N4O4S. The van der Waals surface area contributed by atoms with Crippen LogP contribution < -0.4 is 20.2 Å². The molecule has 0 saturated carbocycles. The van der Waals surface area contributed by atoms with E-state index in [4.69, 9.17) is 21.7 Å². The van der Waals surface area contributed by atoms with Gasteiger partial charge in [-0.15, -0.1) is 0 Å². The highest BCUT2D eigenvalue weighted by atomic mass is 32.1. The van der Waals surface area contributed by atoms with Crippen LogP contribution in [0.3, 0.4) is 0 Å². The van der Waals surface area contributed by atoms with Crippen LogP contribution in [0.5, 0.6) is 17.2 Å². The monoisotopic (exact) mass is 388 g/mol. The highest BCUT2D eigenvalue weighted by Crippen LogP contribution is 2.32. The summed E-state index contributed by atoms with van der Waals surface area (Å²) in [5, 5.41) is 18.7. The van der Waals surface area contributed by atoms with Gasteiger partial charge < -0.3 is 14.8 Å². The van der Waals surface area contributed by atoms with E-state index in [1.54, 1.807) is 37.4 Å². The predicted octanol–water partition coefficient (Wildman–Crippen LogP) is 3.60. The first-order valence-electron chi connectivity index (χ1n) is 8.09. The maximum Gasteiger partial charge on any atom is 0.312 e. The second-order valence-electron chi connectivity index (χ2n) is 5.76. The number of methoxy groups -OCH3 is 1. The van der Waals surface area contributed by atoms with Gasteiger partial charge in [-0.3, -0.25) is 15.5 Å². The van der Waals surface area contributed by atoms with Gasteiger partial charge in [0, 0.05) is 17.7 Å². The number of nitrogens with zero attached hydrogens (tertiary/aromatic N) is 2. The molecule has 0 atom stereocenters. The molecule has 0 aromatic heterocycles. The molecule has 27 heavy (non-hydrogen) atoms. The standard InChI is InChI=1S/C18H20N4O4S/c1-12(2)20-18(27)21-19-11-13-4-9-17(16(10-13)22(23)24)26-15-7-5-14(25-3)6-8-15/h4-12H,1-3H3,(H2,20,21,27)/b19-11-. The maximum atomic E-state index is 11.4. The fraction of sp³-hybridized carbons (Fsp3) is 0.222. The largest absolute Gasteiger partial charge is 0.497 e. The van der Waals surface area contributed by atoms with Crippen molar-refractivity contribution in [2.24, 2.45) is 5.10 Å². The summed E-state index contributed by atoms with van der Waals surface area (Å²) in [5.41, 5.74) is 3.02. The topological polar surface area (TPSA) is 98.0 Å². The Labute approximate surface area is 162 Å². The Bertz CT molecular complexity index is 838. The van der Waals surface area contributed by atoms with E-state index in [2.05, 4.69) is 15.8 Å². The molecule has 0 heterocycles. The quantitative estimate of drug-likeness (QED) is 0.324. The second kappa shape index (κ2) is 9.48. The highest BCUT2D eigenvalue weighted by Gasteiger charge is 2.16. The van der Waals surface area contributed by atoms with Gasteiger partial charge in [0.2, 0.25) is 5.75 Å². The van der Waals surface area contributed by atoms with Gasteiger partial charge in [0.15, 0.2) is 5.11 Å². The Morgan fingerprint density at radius 1 is 1.22 bits per heavy atom. The number of nitrogens with one attached hydrogen (secondary N) is 2. The lowest BCUT2D eigenvalue weighted by atomic mass is 10.2. The van der Waals surface area contributed by atoms with E-state index in [1.807, 2.05) is 13.8 Å². The molecule has 0 unspecified atom stereocenters. The fourth-order valence-electron chi connectivity index (χ4n) is 2.07. The minimum Gasteiger partial charge on any atom is -0.497 e. The van der Waals surface area contributed by atoms with Gasteiger partial charge in [-0.1, -0.05) is 0 Å². The predicted molar refractivity (Wildman–Crippen MR) is 108 cm³/mol. The minimum absolute atomic E-state index is 0.132. The number of nitro benzene ring substituents is 1. The van der Waals surface area contributed by atoms with E-state index in [0.717, 1.165) is 0 Å². The van der Waals surface area contributed by atoms with Gasteiger partial charge >= 0.3 is 5.69 Å². The molecule has 0 bridgehead atoms. The number of benzene rings is 2. The number of nitro groups is 1. The van der Waals surface area contributed by atoms with Crippen molar-refractivity contribution in [2.45, 2.75) is 19.9 Å². The van der Waals surface area contributed by atoms with Crippen molar-refractivity contribution < 1.29 is 14.4 Å². The van der Waals surface area contributed by atoms with Crippen molar-refractivity contribution in [2.75, 3.05) is 7.11 Å². The summed E-state index contributed by atoms with van der Waals surface area (Å²) < 4.78 is 10.7. The van der Waals surface area contributed by atoms with Crippen molar-refractivity contribution >= 4 is 29.2 Å². The Morgan fingerprint density at radius 2 is 1.89 bits per heavy atom. The first kappa shape index (κ1) is 20.1. The van der Waals surface area contributed by atoms with Gasteiger partial charge in [-0.25, -0.2) is 0 Å². The van der Waals surface area contributed by atoms with E-state index < -0.39 is 4.92 Å². The molecule has 0 saturated heterocycles. The lowest BCUT2D eigenvalue weighted by Crippen LogP contribution is -2.36. The maximum absolute atomic E-state index is 11.4. The molecule has 0 aliphatic carbocycles. The summed E-state index contributed by atoms with van der Waals surface area (Å²) in [7, 11) is 1.56. The van der Waals surface area contributed by atoms with Crippen molar-refractivity contribution in [3.8, 4) is 17.2 Å². The number of hydrogen-bond donors (Lipinski definition) is 2. The van der Waals surface area contributed by atoms with Crippen LogP contribution in [0, 0.1) is 10.1 Å². The van der Waals surface area contributed by atoms with Crippen LogP contribution in [0.1, 0.15) is 19.4 Å². The van der Waals surface area contributed by atoms with Gasteiger partial charge in [0.25, 0.3) is 0 Å². The number of thiocarbonyl (C=S) groups is 1. The smallest absolute Gasteiger partial charge is 0.312 e. The van der Waals surface area contributed by atoms with Crippen LogP contribution in [0.2, 0.25) is 0 Å². The lowest BCUT2D eigenvalue weighted by Gasteiger charge is -2.09. The van der Waals surface area contributed by atoms with Gasteiger partial charge in [-0.2, -0.15) is 5.10 Å². The Hall–Kier alpha value is -3.20. The molecule has 9 heteroatoms. The molecule has 0 spiro atoms. The molecule has 2 N–H and O–H groups in total. The van der Waals surface area contributed by atoms with Crippen molar-refractivity contribution in [3.05, 3.63) is 58.1 Å². The third kappa shape index (κ3) is 6.23. The molecule has 2 aromatic rings. The molecule has 2 aromatic carbocycles. The molecule has 0 aliphatic heterocycles. The molecule has 0 amide bonds. The van der Waals surface area contributed by atoms with E-state index >= 15 is 0 Å². The third-order valence-electron chi connectivity index (χ3n) is 3.27. The van der Waals surface area contributed by atoms with Crippen molar-refractivity contribution in [3.63, 3.8) is 0 Å². The SMILES string of the molecule is COc1ccc(Oc2ccc(/C=N\NC(=S)NC(C)C)cc2[N+](=O)[O-])cc1. The summed E-state index contributed by atoms with van der Waals surface area (Å²) in [4.78, 5) is 10.9. The first-order valence-corrected chi connectivity index (χ1v) is 8.50. The molecule has 142 valence electrons.